The zero-order valence-electron chi connectivity index (χ0n) is 17.8. The molecule has 2 bridgehead atoms. The Morgan fingerprint density at radius 1 is 1.12 bits per heavy atom. The van der Waals surface area contributed by atoms with Crippen molar-refractivity contribution in [1.29, 1.82) is 0 Å². The van der Waals surface area contributed by atoms with Crippen molar-refractivity contribution in [2.24, 2.45) is 5.73 Å². The van der Waals surface area contributed by atoms with Gasteiger partial charge in [-0.3, -0.25) is 9.69 Å². The van der Waals surface area contributed by atoms with Crippen LogP contribution in [0.2, 0.25) is 0 Å². The van der Waals surface area contributed by atoms with E-state index in [1.807, 2.05) is 12.3 Å². The van der Waals surface area contributed by atoms with Gasteiger partial charge in [0.2, 0.25) is 0 Å². The standard InChI is InChI=1S/C24H27N3O3S2/c25-24(28)21-10-14(16-6-17(31-13-16)12-27-4-1-5-27)9-20-22(11-26-23(20)21)15-7-18-2-3-19(8-15)32(18,29)30/h6,9-11,13,15,18-19,26H,1-5,7-8,12H2,(H2,25,28). The minimum absolute atomic E-state index is 0.185. The molecule has 0 spiro atoms. The highest BCUT2D eigenvalue weighted by atomic mass is 32.2. The van der Waals surface area contributed by atoms with Crippen LogP contribution < -0.4 is 5.73 Å². The average Bonchev–Trinajstić information content (AvgIpc) is 3.38. The molecule has 3 aliphatic heterocycles. The molecule has 3 fully saturated rings. The van der Waals surface area contributed by atoms with Gasteiger partial charge in [-0.15, -0.1) is 11.3 Å². The summed E-state index contributed by atoms with van der Waals surface area (Å²) in [7, 11) is -2.97. The summed E-state index contributed by atoms with van der Waals surface area (Å²) in [6.45, 7) is 3.30. The van der Waals surface area contributed by atoms with E-state index < -0.39 is 15.7 Å². The first kappa shape index (κ1) is 20.4. The Morgan fingerprint density at radius 2 is 1.88 bits per heavy atom. The number of nitrogens with one attached hydrogen (secondary N) is 1. The first-order chi connectivity index (χ1) is 15.4. The van der Waals surface area contributed by atoms with E-state index in [-0.39, 0.29) is 16.4 Å². The van der Waals surface area contributed by atoms with Crippen LogP contribution in [0, 0.1) is 0 Å². The number of hydrogen-bond donors (Lipinski definition) is 2. The predicted octanol–water partition coefficient (Wildman–Crippen LogP) is 4.02. The van der Waals surface area contributed by atoms with Crippen molar-refractivity contribution in [2.45, 2.75) is 55.1 Å². The number of rotatable bonds is 5. The molecule has 1 aromatic carbocycles. The van der Waals surface area contributed by atoms with E-state index in [1.54, 1.807) is 11.3 Å². The summed E-state index contributed by atoms with van der Waals surface area (Å²) in [6, 6.07) is 6.25. The number of thiophene rings is 1. The minimum Gasteiger partial charge on any atom is -0.366 e. The molecule has 0 saturated carbocycles. The lowest BCUT2D eigenvalue weighted by Gasteiger charge is -2.29. The predicted molar refractivity (Wildman–Crippen MR) is 128 cm³/mol. The number of benzene rings is 1. The van der Waals surface area contributed by atoms with Crippen LogP contribution in [0.15, 0.2) is 29.8 Å². The number of amides is 1. The fourth-order valence-corrected chi connectivity index (χ4v) is 9.20. The molecule has 2 atom stereocenters. The molecule has 6 nitrogen and oxygen atoms in total. The van der Waals surface area contributed by atoms with E-state index in [0.29, 0.717) is 18.4 Å². The van der Waals surface area contributed by atoms with Gasteiger partial charge in [-0.25, -0.2) is 8.42 Å². The largest absolute Gasteiger partial charge is 0.366 e. The zero-order valence-corrected chi connectivity index (χ0v) is 19.5. The first-order valence-electron chi connectivity index (χ1n) is 11.4. The van der Waals surface area contributed by atoms with E-state index in [0.717, 1.165) is 60.1 Å². The quantitative estimate of drug-likeness (QED) is 0.590. The number of H-pyrrole nitrogens is 1. The number of sulfone groups is 1. The Balaban J connectivity index is 1.40. The lowest BCUT2D eigenvalue weighted by atomic mass is 9.89. The highest BCUT2D eigenvalue weighted by Crippen LogP contribution is 2.47. The SMILES string of the molecule is NC(=O)c1cc(-c2csc(CN3CCC3)c2)cc2c(C3CC4CCC(C3)S4(=O)=O)c[nH]c12. The number of nitrogens with zero attached hydrogens (tertiary/aromatic N) is 1. The van der Waals surface area contributed by atoms with Crippen LogP contribution in [0.1, 0.15) is 58.8 Å². The Morgan fingerprint density at radius 3 is 2.53 bits per heavy atom. The second-order valence-corrected chi connectivity index (χ2v) is 13.1. The van der Waals surface area contributed by atoms with Gasteiger partial charge in [-0.1, -0.05) is 0 Å². The van der Waals surface area contributed by atoms with E-state index >= 15 is 0 Å². The molecule has 3 aliphatic rings. The zero-order chi connectivity index (χ0) is 22.0. The molecule has 6 rings (SSSR count). The molecule has 2 unspecified atom stereocenters. The van der Waals surface area contributed by atoms with Crippen LogP contribution in [0.5, 0.6) is 0 Å². The van der Waals surface area contributed by atoms with Crippen LogP contribution in [0.4, 0.5) is 0 Å². The second-order valence-electron chi connectivity index (χ2n) is 9.56. The number of aromatic amines is 1. The third-order valence-electron chi connectivity index (χ3n) is 7.68. The van der Waals surface area contributed by atoms with Crippen molar-refractivity contribution in [1.82, 2.24) is 9.88 Å². The fraction of sp³-hybridized carbons (Fsp3) is 0.458. The average molecular weight is 470 g/mol. The minimum atomic E-state index is -2.97. The number of hydrogen-bond acceptors (Lipinski definition) is 5. The third kappa shape index (κ3) is 3.23. The maximum atomic E-state index is 12.6. The maximum Gasteiger partial charge on any atom is 0.250 e. The topological polar surface area (TPSA) is 96.3 Å². The van der Waals surface area contributed by atoms with Crippen LogP contribution in [0.25, 0.3) is 22.0 Å². The van der Waals surface area contributed by atoms with Crippen molar-refractivity contribution < 1.29 is 13.2 Å². The number of aromatic nitrogens is 1. The summed E-state index contributed by atoms with van der Waals surface area (Å²) in [6.07, 6.45) is 6.13. The number of likely N-dealkylation sites (tertiary alicyclic amines) is 1. The molecular weight excluding hydrogens is 442 g/mol. The lowest BCUT2D eigenvalue weighted by molar-refractivity contribution is 0.100. The van der Waals surface area contributed by atoms with Gasteiger partial charge in [0.25, 0.3) is 5.91 Å². The number of fused-ring (bicyclic) bond motifs is 3. The number of primary amides is 1. The Bertz CT molecular complexity index is 1300. The molecule has 0 radical (unpaired) electrons. The van der Waals surface area contributed by atoms with Gasteiger partial charge in [-0.05, 0) is 91.4 Å². The fourth-order valence-electron chi connectivity index (χ4n) is 5.79. The summed E-state index contributed by atoms with van der Waals surface area (Å²) >= 11 is 1.75. The van der Waals surface area contributed by atoms with Crippen LogP contribution in [-0.2, 0) is 16.4 Å². The Labute approximate surface area is 191 Å². The normalized spacial score (nSPS) is 26.9. The number of carbonyl (C=O) groups excluding carboxylic acids is 1. The van der Waals surface area contributed by atoms with Crippen molar-refractivity contribution in [3.63, 3.8) is 0 Å². The summed E-state index contributed by atoms with van der Waals surface area (Å²) in [4.78, 5) is 19.3. The molecule has 3 saturated heterocycles. The summed E-state index contributed by atoms with van der Waals surface area (Å²) in [5.41, 5.74) is 10.2. The first-order valence-corrected chi connectivity index (χ1v) is 13.9. The summed E-state index contributed by atoms with van der Waals surface area (Å²) in [5.74, 6) is -0.266. The highest BCUT2D eigenvalue weighted by Gasteiger charge is 2.47. The molecule has 168 valence electrons. The van der Waals surface area contributed by atoms with Crippen LogP contribution >= 0.6 is 11.3 Å². The summed E-state index contributed by atoms with van der Waals surface area (Å²) < 4.78 is 25.1. The molecule has 3 N–H and O–H groups in total. The highest BCUT2D eigenvalue weighted by molar-refractivity contribution is 7.93. The number of nitrogens with two attached hydrogens (primary N) is 1. The monoisotopic (exact) mass is 469 g/mol. The van der Waals surface area contributed by atoms with E-state index in [9.17, 15) is 13.2 Å². The van der Waals surface area contributed by atoms with E-state index in [1.165, 1.54) is 11.3 Å². The van der Waals surface area contributed by atoms with Crippen molar-refractivity contribution in [3.05, 3.63) is 45.8 Å². The Hall–Kier alpha value is -2.16. The molecule has 1 amide bonds. The van der Waals surface area contributed by atoms with E-state index in [4.69, 9.17) is 5.73 Å². The van der Waals surface area contributed by atoms with Gasteiger partial charge in [0.1, 0.15) is 0 Å². The second kappa shape index (κ2) is 7.43. The van der Waals surface area contributed by atoms with Crippen molar-refractivity contribution in [3.8, 4) is 11.1 Å². The van der Waals surface area contributed by atoms with Crippen molar-refractivity contribution in [2.75, 3.05) is 13.1 Å². The lowest BCUT2D eigenvalue weighted by Crippen LogP contribution is -2.35. The van der Waals surface area contributed by atoms with Crippen molar-refractivity contribution >= 4 is 38.0 Å². The van der Waals surface area contributed by atoms with Gasteiger partial charge in [-0.2, -0.15) is 0 Å². The van der Waals surface area contributed by atoms with E-state index in [2.05, 4.69) is 27.4 Å². The van der Waals surface area contributed by atoms with Gasteiger partial charge in [0, 0.05) is 23.0 Å². The van der Waals surface area contributed by atoms with Gasteiger partial charge >= 0.3 is 0 Å². The van der Waals surface area contributed by atoms with Gasteiger partial charge in [0.05, 0.1) is 21.6 Å². The molecule has 0 aliphatic carbocycles. The maximum absolute atomic E-state index is 12.6. The van der Waals surface area contributed by atoms with Crippen LogP contribution in [-0.4, -0.2) is 47.8 Å². The third-order valence-corrected chi connectivity index (χ3v) is 11.3. The molecular formula is C24H27N3O3S2. The number of carbonyl (C=O) groups is 1. The smallest absolute Gasteiger partial charge is 0.250 e. The molecule has 3 aromatic rings. The van der Waals surface area contributed by atoms with Gasteiger partial charge in [0.15, 0.2) is 9.84 Å². The van der Waals surface area contributed by atoms with Gasteiger partial charge < -0.3 is 10.7 Å². The molecule has 8 heteroatoms. The molecule has 5 heterocycles. The Kier molecular flexibility index (Phi) is 4.75. The summed E-state index contributed by atoms with van der Waals surface area (Å²) in [5, 5.41) is 2.70. The molecule has 2 aromatic heterocycles. The van der Waals surface area contributed by atoms with Crippen LogP contribution in [0.3, 0.4) is 0 Å². The molecule has 32 heavy (non-hydrogen) atoms.